The predicted molar refractivity (Wildman–Crippen MR) is 88.1 cm³/mol. The number of likely N-dealkylation sites (tertiary alicyclic amines) is 1. The molecule has 0 atom stereocenters. The van der Waals surface area contributed by atoms with E-state index in [0.29, 0.717) is 30.0 Å². The van der Waals surface area contributed by atoms with E-state index < -0.39 is 5.97 Å². The number of hydrogen-bond donors (Lipinski definition) is 1. The number of carbonyl (C=O) groups excluding carboxylic acids is 1. The van der Waals surface area contributed by atoms with Crippen LogP contribution in [0.15, 0.2) is 6.07 Å². The Morgan fingerprint density at radius 2 is 1.92 bits per heavy atom. The molecule has 0 aromatic carbocycles. The number of carboxylic acids is 1. The van der Waals surface area contributed by atoms with Gasteiger partial charge in [0, 0.05) is 30.9 Å². The van der Waals surface area contributed by atoms with Crippen LogP contribution in [-0.2, 0) is 4.79 Å². The van der Waals surface area contributed by atoms with E-state index in [2.05, 4.69) is 10.1 Å². The van der Waals surface area contributed by atoms with E-state index in [1.807, 2.05) is 26.8 Å². The second-order valence-electron chi connectivity index (χ2n) is 6.57. The minimum Gasteiger partial charge on any atom is -0.481 e. The van der Waals surface area contributed by atoms with Gasteiger partial charge in [-0.3, -0.25) is 9.59 Å². The van der Waals surface area contributed by atoms with Crippen LogP contribution < -0.4 is 0 Å². The van der Waals surface area contributed by atoms with Crippen molar-refractivity contribution in [3.05, 3.63) is 28.7 Å². The molecule has 2 aromatic heterocycles. The van der Waals surface area contributed by atoms with Crippen LogP contribution in [0.5, 0.6) is 0 Å². The molecule has 3 heterocycles. The summed E-state index contributed by atoms with van der Waals surface area (Å²) in [4.78, 5) is 30.1. The predicted octanol–water partition coefficient (Wildman–Crippen LogP) is 1.98. The second kappa shape index (κ2) is 6.22. The van der Waals surface area contributed by atoms with Gasteiger partial charge in [0.1, 0.15) is 5.56 Å². The van der Waals surface area contributed by atoms with Gasteiger partial charge in [-0.1, -0.05) is 0 Å². The highest BCUT2D eigenvalue weighted by atomic mass is 16.4. The molecule has 1 fully saturated rings. The summed E-state index contributed by atoms with van der Waals surface area (Å²) in [6.45, 7) is 6.84. The lowest BCUT2D eigenvalue weighted by Crippen LogP contribution is -2.39. The number of hydrogen-bond acceptors (Lipinski definition) is 4. The number of carboxylic acid groups (broad SMARTS) is 1. The van der Waals surface area contributed by atoms with E-state index in [0.717, 1.165) is 24.2 Å². The smallest absolute Gasteiger partial charge is 0.303 e. The lowest BCUT2D eigenvalue weighted by Gasteiger charge is -2.31. The van der Waals surface area contributed by atoms with Crippen molar-refractivity contribution in [1.82, 2.24) is 19.5 Å². The third-order valence-corrected chi connectivity index (χ3v) is 4.65. The highest BCUT2D eigenvalue weighted by Gasteiger charge is 2.28. The topological polar surface area (TPSA) is 87.8 Å². The molecule has 2 aromatic rings. The standard InChI is InChI=1S/C17H22N4O3/c1-10-8-11(2)21-16(18-10)15(12(3)19-21)17(24)20-6-4-13(5-7-20)9-14(22)23/h8,13H,4-7,9H2,1-3H3,(H,22,23). The summed E-state index contributed by atoms with van der Waals surface area (Å²) in [6, 6.07) is 1.94. The van der Waals surface area contributed by atoms with Gasteiger partial charge < -0.3 is 10.0 Å². The highest BCUT2D eigenvalue weighted by molar-refractivity contribution is 6.01. The summed E-state index contributed by atoms with van der Waals surface area (Å²) in [5.74, 6) is -0.679. The van der Waals surface area contributed by atoms with Gasteiger partial charge in [-0.2, -0.15) is 5.10 Å². The zero-order valence-corrected chi connectivity index (χ0v) is 14.2. The lowest BCUT2D eigenvalue weighted by molar-refractivity contribution is -0.138. The average Bonchev–Trinajstić information content (AvgIpc) is 2.83. The monoisotopic (exact) mass is 330 g/mol. The maximum absolute atomic E-state index is 13.0. The number of aryl methyl sites for hydroxylation is 3. The minimum atomic E-state index is -0.770. The van der Waals surface area contributed by atoms with Crippen LogP contribution in [0.25, 0.3) is 5.65 Å². The number of piperidine rings is 1. The molecule has 0 unspecified atom stereocenters. The molecular weight excluding hydrogens is 308 g/mol. The summed E-state index contributed by atoms with van der Waals surface area (Å²) in [5, 5.41) is 13.4. The Hall–Kier alpha value is -2.44. The van der Waals surface area contributed by atoms with Crippen molar-refractivity contribution >= 4 is 17.5 Å². The summed E-state index contributed by atoms with van der Waals surface area (Å²) in [7, 11) is 0. The summed E-state index contributed by atoms with van der Waals surface area (Å²) < 4.78 is 1.72. The van der Waals surface area contributed by atoms with E-state index in [9.17, 15) is 9.59 Å². The molecule has 7 nitrogen and oxygen atoms in total. The number of amides is 1. The molecule has 1 aliphatic heterocycles. The Kier molecular flexibility index (Phi) is 4.26. The van der Waals surface area contributed by atoms with Gasteiger partial charge in [0.05, 0.1) is 5.69 Å². The molecular formula is C17H22N4O3. The maximum atomic E-state index is 13.0. The van der Waals surface area contributed by atoms with Crippen molar-refractivity contribution in [2.75, 3.05) is 13.1 Å². The van der Waals surface area contributed by atoms with Crippen molar-refractivity contribution in [3.63, 3.8) is 0 Å². The molecule has 3 rings (SSSR count). The van der Waals surface area contributed by atoms with Crippen molar-refractivity contribution in [2.24, 2.45) is 5.92 Å². The molecule has 0 radical (unpaired) electrons. The first-order valence-corrected chi connectivity index (χ1v) is 8.21. The van der Waals surface area contributed by atoms with E-state index in [1.54, 1.807) is 9.42 Å². The Morgan fingerprint density at radius 1 is 1.25 bits per heavy atom. The average molecular weight is 330 g/mol. The molecule has 0 saturated carbocycles. The van der Waals surface area contributed by atoms with Crippen LogP contribution in [-0.4, -0.2) is 49.6 Å². The molecule has 0 bridgehead atoms. The quantitative estimate of drug-likeness (QED) is 0.930. The van der Waals surface area contributed by atoms with Gasteiger partial charge in [0.25, 0.3) is 5.91 Å². The Labute approximate surface area is 140 Å². The second-order valence-corrected chi connectivity index (χ2v) is 6.57. The van der Waals surface area contributed by atoms with Crippen LogP contribution in [0.2, 0.25) is 0 Å². The molecule has 128 valence electrons. The van der Waals surface area contributed by atoms with Gasteiger partial charge in [-0.25, -0.2) is 9.50 Å². The van der Waals surface area contributed by atoms with Crippen molar-refractivity contribution in [1.29, 1.82) is 0 Å². The van der Waals surface area contributed by atoms with E-state index in [-0.39, 0.29) is 18.2 Å². The molecule has 0 aliphatic carbocycles. The van der Waals surface area contributed by atoms with E-state index >= 15 is 0 Å². The Balaban J connectivity index is 1.85. The summed E-state index contributed by atoms with van der Waals surface area (Å²) >= 11 is 0. The Morgan fingerprint density at radius 3 is 2.54 bits per heavy atom. The molecule has 1 amide bonds. The highest BCUT2D eigenvalue weighted by Crippen LogP contribution is 2.24. The first-order chi connectivity index (χ1) is 11.4. The minimum absolute atomic E-state index is 0.0613. The van der Waals surface area contributed by atoms with Crippen molar-refractivity contribution < 1.29 is 14.7 Å². The van der Waals surface area contributed by atoms with Crippen LogP contribution in [0.3, 0.4) is 0 Å². The van der Waals surface area contributed by atoms with Crippen molar-refractivity contribution in [2.45, 2.75) is 40.0 Å². The molecule has 24 heavy (non-hydrogen) atoms. The third-order valence-electron chi connectivity index (χ3n) is 4.65. The lowest BCUT2D eigenvalue weighted by atomic mass is 9.93. The Bertz CT molecular complexity index is 804. The molecule has 1 saturated heterocycles. The largest absolute Gasteiger partial charge is 0.481 e. The van der Waals surface area contributed by atoms with Gasteiger partial charge in [0.2, 0.25) is 0 Å². The molecule has 0 spiro atoms. The van der Waals surface area contributed by atoms with Gasteiger partial charge in [-0.05, 0) is 45.6 Å². The number of carbonyl (C=O) groups is 2. The number of aromatic nitrogens is 3. The summed E-state index contributed by atoms with van der Waals surface area (Å²) in [6.07, 6.45) is 1.63. The number of rotatable bonds is 3. The zero-order valence-electron chi connectivity index (χ0n) is 14.2. The first-order valence-electron chi connectivity index (χ1n) is 8.21. The van der Waals surface area contributed by atoms with Crippen LogP contribution in [0, 0.1) is 26.7 Å². The molecule has 1 N–H and O–H groups in total. The van der Waals surface area contributed by atoms with E-state index in [1.165, 1.54) is 0 Å². The number of fused-ring (bicyclic) bond motifs is 1. The first kappa shape index (κ1) is 16.4. The van der Waals surface area contributed by atoms with Gasteiger partial charge in [-0.15, -0.1) is 0 Å². The van der Waals surface area contributed by atoms with E-state index in [4.69, 9.17) is 5.11 Å². The van der Waals surface area contributed by atoms with Gasteiger partial charge in [0.15, 0.2) is 5.65 Å². The van der Waals surface area contributed by atoms with Crippen LogP contribution in [0.1, 0.15) is 46.7 Å². The maximum Gasteiger partial charge on any atom is 0.303 e. The van der Waals surface area contributed by atoms with Crippen LogP contribution in [0.4, 0.5) is 0 Å². The molecule has 1 aliphatic rings. The molecule has 7 heteroatoms. The third kappa shape index (κ3) is 2.98. The van der Waals surface area contributed by atoms with Gasteiger partial charge >= 0.3 is 5.97 Å². The van der Waals surface area contributed by atoms with Crippen LogP contribution >= 0.6 is 0 Å². The SMILES string of the molecule is Cc1cc(C)n2nc(C)c(C(=O)N3CCC(CC(=O)O)CC3)c2n1. The fraction of sp³-hybridized carbons (Fsp3) is 0.529. The number of nitrogens with zero attached hydrogens (tertiary/aromatic N) is 4. The normalized spacial score (nSPS) is 15.9. The summed E-state index contributed by atoms with van der Waals surface area (Å²) in [5.41, 5.74) is 3.63. The van der Waals surface area contributed by atoms with Crippen molar-refractivity contribution in [3.8, 4) is 0 Å². The fourth-order valence-corrected chi connectivity index (χ4v) is 3.42. The zero-order chi connectivity index (χ0) is 17.4. The fourth-order valence-electron chi connectivity index (χ4n) is 3.42. The number of aliphatic carboxylic acids is 1.